The molecule has 2 aliphatic heterocycles. The molecule has 3 N–H and O–H groups in total. The fourth-order valence-corrected chi connectivity index (χ4v) is 4.77. The van der Waals surface area contributed by atoms with Crippen molar-refractivity contribution in [3.8, 4) is 0 Å². The molecule has 3 amide bonds. The highest BCUT2D eigenvalue weighted by Gasteiger charge is 2.49. The zero-order valence-corrected chi connectivity index (χ0v) is 14.5. The van der Waals surface area contributed by atoms with Gasteiger partial charge in [-0.25, -0.2) is 0 Å². The largest absolute Gasteiger partial charge is 0.368 e. The highest BCUT2D eigenvalue weighted by Crippen LogP contribution is 2.43. The Balaban J connectivity index is 1.65. The first-order valence-electron chi connectivity index (χ1n) is 8.87. The summed E-state index contributed by atoms with van der Waals surface area (Å²) >= 11 is 0. The Morgan fingerprint density at radius 3 is 2.76 bits per heavy atom. The van der Waals surface area contributed by atoms with Crippen LogP contribution in [0.3, 0.4) is 0 Å². The van der Waals surface area contributed by atoms with Crippen molar-refractivity contribution in [1.29, 1.82) is 0 Å². The average Bonchev–Trinajstić information content (AvgIpc) is 3.18. The zero-order chi connectivity index (χ0) is 17.9. The highest BCUT2D eigenvalue weighted by atomic mass is 16.2. The van der Waals surface area contributed by atoms with Crippen molar-refractivity contribution in [1.82, 2.24) is 4.90 Å². The minimum absolute atomic E-state index is 0.0715. The van der Waals surface area contributed by atoms with Gasteiger partial charge in [-0.3, -0.25) is 14.4 Å². The normalized spacial score (nSPS) is 29.3. The molecule has 3 atom stereocenters. The van der Waals surface area contributed by atoms with Crippen LogP contribution in [0, 0.1) is 11.8 Å². The molecule has 132 valence electrons. The second kappa shape index (κ2) is 5.31. The van der Waals surface area contributed by atoms with E-state index in [9.17, 15) is 14.4 Å². The summed E-state index contributed by atoms with van der Waals surface area (Å²) in [6.07, 6.45) is 3.10. The van der Waals surface area contributed by atoms with Crippen molar-refractivity contribution >= 4 is 23.4 Å². The predicted octanol–water partition coefficient (Wildman–Crippen LogP) is 1.64. The minimum Gasteiger partial charge on any atom is -0.368 e. The number of benzene rings is 1. The number of primary amides is 1. The lowest BCUT2D eigenvalue weighted by atomic mass is 9.86. The zero-order valence-electron chi connectivity index (χ0n) is 14.5. The van der Waals surface area contributed by atoms with Crippen LogP contribution < -0.4 is 11.1 Å². The molecule has 3 unspecified atom stereocenters. The van der Waals surface area contributed by atoms with E-state index in [4.69, 9.17) is 5.73 Å². The lowest BCUT2D eigenvalue weighted by Crippen LogP contribution is -2.46. The maximum absolute atomic E-state index is 13.0. The molecule has 0 radical (unpaired) electrons. The number of carbonyl (C=O) groups is 3. The van der Waals surface area contributed by atoms with E-state index in [1.165, 1.54) is 0 Å². The first kappa shape index (κ1) is 16.1. The number of hydrogen-bond donors (Lipinski definition) is 2. The number of nitrogens with two attached hydrogens (primary N) is 1. The van der Waals surface area contributed by atoms with Gasteiger partial charge in [0, 0.05) is 17.8 Å². The van der Waals surface area contributed by atoms with Crippen molar-refractivity contribution in [2.24, 2.45) is 17.6 Å². The van der Waals surface area contributed by atoms with E-state index in [1.807, 2.05) is 19.9 Å². The van der Waals surface area contributed by atoms with Crippen LogP contribution in [0.25, 0.3) is 0 Å². The molecule has 6 nitrogen and oxygen atoms in total. The molecule has 6 heteroatoms. The van der Waals surface area contributed by atoms with Crippen molar-refractivity contribution in [2.75, 3.05) is 11.9 Å². The lowest BCUT2D eigenvalue weighted by molar-refractivity contribution is -0.122. The molecule has 0 bridgehead atoms. The molecule has 1 aromatic rings. The predicted molar refractivity (Wildman–Crippen MR) is 92.9 cm³/mol. The quantitative estimate of drug-likeness (QED) is 0.856. The third-order valence-electron chi connectivity index (χ3n) is 6.20. The summed E-state index contributed by atoms with van der Waals surface area (Å²) in [6.45, 7) is 4.31. The molecule has 0 spiro atoms. The van der Waals surface area contributed by atoms with E-state index in [0.29, 0.717) is 23.7 Å². The number of nitrogens with one attached hydrogen (secondary N) is 1. The maximum atomic E-state index is 13.0. The van der Waals surface area contributed by atoms with Crippen LogP contribution in [-0.2, 0) is 15.0 Å². The number of amides is 3. The first-order valence-corrected chi connectivity index (χ1v) is 8.87. The molecular formula is C19H23N3O3. The van der Waals surface area contributed by atoms with Crippen LogP contribution in [0.1, 0.15) is 49.0 Å². The second-order valence-electron chi connectivity index (χ2n) is 8.00. The van der Waals surface area contributed by atoms with Crippen LogP contribution in [0.5, 0.6) is 0 Å². The van der Waals surface area contributed by atoms with Gasteiger partial charge in [-0.15, -0.1) is 0 Å². The van der Waals surface area contributed by atoms with E-state index < -0.39 is 17.4 Å². The SMILES string of the molecule is CC1(C)C(=O)Nc2cc(C(=O)N3CC4CCCC4C3C(N)=O)ccc21. The van der Waals surface area contributed by atoms with Crippen LogP contribution in [0.4, 0.5) is 5.69 Å². The van der Waals surface area contributed by atoms with Gasteiger partial charge in [-0.1, -0.05) is 12.5 Å². The van der Waals surface area contributed by atoms with E-state index in [2.05, 4.69) is 5.32 Å². The van der Waals surface area contributed by atoms with Crippen LogP contribution in [0.15, 0.2) is 18.2 Å². The Kier molecular flexibility index (Phi) is 3.42. The molecule has 1 aliphatic carbocycles. The van der Waals surface area contributed by atoms with Crippen LogP contribution >= 0.6 is 0 Å². The van der Waals surface area contributed by atoms with Gasteiger partial charge >= 0.3 is 0 Å². The van der Waals surface area contributed by atoms with Crippen LogP contribution in [0.2, 0.25) is 0 Å². The molecule has 4 rings (SSSR count). The smallest absolute Gasteiger partial charge is 0.254 e. The standard InChI is InChI=1S/C19H23N3O3/c1-19(2)13-7-6-10(8-14(13)21-18(19)25)17(24)22-9-11-4-3-5-12(11)15(22)16(20)23/h6-8,11-12,15H,3-5,9H2,1-2H3,(H2,20,23)(H,21,25). The first-order chi connectivity index (χ1) is 11.8. The van der Waals surface area contributed by atoms with Gasteiger partial charge in [-0.2, -0.15) is 0 Å². The van der Waals surface area contributed by atoms with Crippen molar-refractivity contribution in [3.05, 3.63) is 29.3 Å². The molecule has 2 fully saturated rings. The van der Waals surface area contributed by atoms with Gasteiger partial charge in [0.05, 0.1) is 5.41 Å². The van der Waals surface area contributed by atoms with E-state index >= 15 is 0 Å². The number of likely N-dealkylation sites (tertiary alicyclic amines) is 1. The molecule has 1 aromatic carbocycles. The Morgan fingerprint density at radius 1 is 1.28 bits per heavy atom. The summed E-state index contributed by atoms with van der Waals surface area (Å²) in [5.74, 6) is -0.111. The summed E-state index contributed by atoms with van der Waals surface area (Å²) in [7, 11) is 0. The highest BCUT2D eigenvalue weighted by molar-refractivity contribution is 6.07. The van der Waals surface area contributed by atoms with Crippen molar-refractivity contribution in [2.45, 2.75) is 44.6 Å². The van der Waals surface area contributed by atoms with Gasteiger partial charge in [0.2, 0.25) is 11.8 Å². The van der Waals surface area contributed by atoms with E-state index in [0.717, 1.165) is 24.8 Å². The van der Waals surface area contributed by atoms with E-state index in [-0.39, 0.29) is 17.7 Å². The lowest BCUT2D eigenvalue weighted by Gasteiger charge is -2.25. The summed E-state index contributed by atoms with van der Waals surface area (Å²) in [6, 6.07) is 4.78. The summed E-state index contributed by atoms with van der Waals surface area (Å²) in [4.78, 5) is 38.8. The fourth-order valence-electron chi connectivity index (χ4n) is 4.77. The summed E-state index contributed by atoms with van der Waals surface area (Å²) in [5.41, 5.74) is 7.07. The molecule has 0 aromatic heterocycles. The van der Waals surface area contributed by atoms with Crippen molar-refractivity contribution < 1.29 is 14.4 Å². The second-order valence-corrected chi connectivity index (χ2v) is 8.00. The van der Waals surface area contributed by atoms with Gasteiger partial charge in [0.15, 0.2) is 0 Å². The number of hydrogen-bond acceptors (Lipinski definition) is 3. The van der Waals surface area contributed by atoms with Gasteiger partial charge < -0.3 is 16.0 Å². The molecule has 25 heavy (non-hydrogen) atoms. The van der Waals surface area contributed by atoms with Gasteiger partial charge in [0.1, 0.15) is 6.04 Å². The number of rotatable bonds is 2. The minimum atomic E-state index is -0.600. The Labute approximate surface area is 146 Å². The summed E-state index contributed by atoms with van der Waals surface area (Å²) < 4.78 is 0. The Morgan fingerprint density at radius 2 is 2.04 bits per heavy atom. The maximum Gasteiger partial charge on any atom is 0.254 e. The molecular weight excluding hydrogens is 318 g/mol. The van der Waals surface area contributed by atoms with Crippen LogP contribution in [-0.4, -0.2) is 35.2 Å². The number of carbonyl (C=O) groups excluding carboxylic acids is 3. The third-order valence-corrected chi connectivity index (χ3v) is 6.20. The number of nitrogens with zero attached hydrogens (tertiary/aromatic N) is 1. The Hall–Kier alpha value is -2.37. The molecule has 1 saturated carbocycles. The third kappa shape index (κ3) is 2.27. The van der Waals surface area contributed by atoms with Gasteiger partial charge in [0.25, 0.3) is 5.91 Å². The van der Waals surface area contributed by atoms with Gasteiger partial charge in [-0.05, 0) is 56.2 Å². The Bertz CT molecular complexity index is 786. The fraction of sp³-hybridized carbons (Fsp3) is 0.526. The topological polar surface area (TPSA) is 92.5 Å². The molecule has 3 aliphatic rings. The van der Waals surface area contributed by atoms with Crippen molar-refractivity contribution in [3.63, 3.8) is 0 Å². The molecule has 2 heterocycles. The monoisotopic (exact) mass is 341 g/mol. The van der Waals surface area contributed by atoms with E-state index in [1.54, 1.807) is 17.0 Å². The summed E-state index contributed by atoms with van der Waals surface area (Å²) in [5, 5.41) is 2.85. The number of anilines is 1. The molecule has 1 saturated heterocycles. The number of fused-ring (bicyclic) bond motifs is 2. The average molecular weight is 341 g/mol.